The first kappa shape index (κ1) is 13.4. The summed E-state index contributed by atoms with van der Waals surface area (Å²) in [6, 6.07) is 10.0. The molecule has 2 heterocycles. The third kappa shape index (κ3) is 2.81. The van der Waals surface area contributed by atoms with Gasteiger partial charge in [-0.25, -0.2) is 4.98 Å². The van der Waals surface area contributed by atoms with Crippen molar-refractivity contribution in [2.75, 3.05) is 12.4 Å². The number of hydrogen-bond donors (Lipinski definition) is 1. The number of para-hydroxylation sites is 1. The molecule has 0 bridgehead atoms. The zero-order valence-electron chi connectivity index (χ0n) is 12.2. The molecule has 0 aliphatic carbocycles. The highest BCUT2D eigenvalue weighted by molar-refractivity contribution is 5.84. The van der Waals surface area contributed by atoms with E-state index in [-0.39, 0.29) is 0 Å². The van der Waals surface area contributed by atoms with Crippen LogP contribution < -0.4 is 10.1 Å². The van der Waals surface area contributed by atoms with Crippen molar-refractivity contribution in [2.45, 2.75) is 20.0 Å². The van der Waals surface area contributed by atoms with Gasteiger partial charge in [0.2, 0.25) is 0 Å². The van der Waals surface area contributed by atoms with E-state index in [9.17, 15) is 0 Å². The van der Waals surface area contributed by atoms with Gasteiger partial charge >= 0.3 is 0 Å². The molecule has 3 rings (SSSR count). The first-order valence-corrected chi connectivity index (χ1v) is 6.99. The van der Waals surface area contributed by atoms with Crippen LogP contribution in [0, 0.1) is 0 Å². The smallest absolute Gasteiger partial charge is 0.145 e. The van der Waals surface area contributed by atoms with E-state index in [4.69, 9.17) is 4.74 Å². The second-order valence-electron chi connectivity index (χ2n) is 4.77. The van der Waals surface area contributed by atoms with Crippen molar-refractivity contribution in [2.24, 2.45) is 0 Å². The Kier molecular flexibility index (Phi) is 3.73. The van der Waals surface area contributed by atoms with E-state index in [1.165, 1.54) is 0 Å². The molecule has 0 aliphatic heterocycles. The lowest BCUT2D eigenvalue weighted by molar-refractivity contribution is 0.419. The Bertz CT molecular complexity index is 751. The molecule has 5 nitrogen and oxygen atoms in total. The van der Waals surface area contributed by atoms with Crippen molar-refractivity contribution in [1.29, 1.82) is 0 Å². The minimum absolute atomic E-state index is 0.656. The molecule has 0 unspecified atom stereocenters. The number of rotatable bonds is 5. The Morgan fingerprint density at radius 2 is 2.14 bits per heavy atom. The first-order chi connectivity index (χ1) is 10.3. The van der Waals surface area contributed by atoms with E-state index in [1.54, 1.807) is 7.11 Å². The number of nitrogens with one attached hydrogen (secondary N) is 1. The second-order valence-corrected chi connectivity index (χ2v) is 4.77. The summed E-state index contributed by atoms with van der Waals surface area (Å²) in [4.78, 5) is 4.67. The zero-order valence-corrected chi connectivity index (χ0v) is 12.2. The molecule has 108 valence electrons. The molecule has 0 aliphatic rings. The third-order valence-electron chi connectivity index (χ3n) is 3.39. The van der Waals surface area contributed by atoms with Gasteiger partial charge in [0, 0.05) is 18.1 Å². The normalized spacial score (nSPS) is 10.8. The average Bonchev–Trinajstić information content (AvgIpc) is 3.00. The van der Waals surface area contributed by atoms with E-state index in [0.29, 0.717) is 6.54 Å². The number of pyridine rings is 1. The number of methoxy groups -OCH3 is 1. The lowest BCUT2D eigenvalue weighted by Gasteiger charge is -2.07. The summed E-state index contributed by atoms with van der Waals surface area (Å²) in [7, 11) is 1.67. The highest BCUT2D eigenvalue weighted by atomic mass is 16.5. The molecule has 0 atom stereocenters. The summed E-state index contributed by atoms with van der Waals surface area (Å²) in [6.07, 6.45) is 3.81. The summed E-state index contributed by atoms with van der Waals surface area (Å²) in [6.45, 7) is 3.59. The summed E-state index contributed by atoms with van der Waals surface area (Å²) >= 11 is 0. The molecule has 0 radical (unpaired) electrons. The van der Waals surface area contributed by atoms with Crippen molar-refractivity contribution in [3.05, 3.63) is 48.4 Å². The van der Waals surface area contributed by atoms with Gasteiger partial charge in [-0.2, -0.15) is 5.10 Å². The van der Waals surface area contributed by atoms with Crippen LogP contribution in [0.4, 0.5) is 5.69 Å². The van der Waals surface area contributed by atoms with Crippen LogP contribution in [0.2, 0.25) is 0 Å². The van der Waals surface area contributed by atoms with Crippen molar-refractivity contribution >= 4 is 16.6 Å². The van der Waals surface area contributed by atoms with Gasteiger partial charge in [-0.15, -0.1) is 0 Å². The molecule has 21 heavy (non-hydrogen) atoms. The topological polar surface area (TPSA) is 52.0 Å². The zero-order chi connectivity index (χ0) is 14.7. The fourth-order valence-corrected chi connectivity index (χ4v) is 2.24. The summed E-state index contributed by atoms with van der Waals surface area (Å²) in [5.41, 5.74) is 2.86. The van der Waals surface area contributed by atoms with Gasteiger partial charge in [-0.1, -0.05) is 18.2 Å². The SMILES string of the molecule is CCn1cc(NCc2ccc3cccc(OC)c3n2)cn1. The number of hydrogen-bond acceptors (Lipinski definition) is 4. The highest BCUT2D eigenvalue weighted by Gasteiger charge is 2.04. The number of aromatic nitrogens is 3. The third-order valence-corrected chi connectivity index (χ3v) is 3.39. The highest BCUT2D eigenvalue weighted by Crippen LogP contribution is 2.23. The Morgan fingerprint density at radius 1 is 1.24 bits per heavy atom. The minimum Gasteiger partial charge on any atom is -0.494 e. The summed E-state index contributed by atoms with van der Waals surface area (Å²) in [5, 5.41) is 8.65. The van der Waals surface area contributed by atoms with Crippen molar-refractivity contribution in [3.63, 3.8) is 0 Å². The molecule has 0 spiro atoms. The van der Waals surface area contributed by atoms with Gasteiger partial charge in [0.25, 0.3) is 0 Å². The summed E-state index contributed by atoms with van der Waals surface area (Å²) < 4.78 is 7.25. The van der Waals surface area contributed by atoms with Crippen LogP contribution in [0.5, 0.6) is 5.75 Å². The van der Waals surface area contributed by atoms with Gasteiger partial charge in [-0.3, -0.25) is 4.68 Å². The van der Waals surface area contributed by atoms with E-state index in [2.05, 4.69) is 28.4 Å². The fraction of sp³-hybridized carbons (Fsp3) is 0.250. The quantitative estimate of drug-likeness (QED) is 0.781. The Hall–Kier alpha value is -2.56. The molecule has 1 N–H and O–H groups in total. The van der Waals surface area contributed by atoms with Gasteiger partial charge in [0.1, 0.15) is 11.3 Å². The van der Waals surface area contributed by atoms with Crippen molar-refractivity contribution in [3.8, 4) is 5.75 Å². The van der Waals surface area contributed by atoms with Gasteiger partial charge in [0.05, 0.1) is 31.2 Å². The van der Waals surface area contributed by atoms with Crippen LogP contribution in [-0.4, -0.2) is 21.9 Å². The van der Waals surface area contributed by atoms with Crippen LogP contribution in [0.1, 0.15) is 12.6 Å². The Balaban J connectivity index is 1.80. The van der Waals surface area contributed by atoms with Crippen molar-refractivity contribution in [1.82, 2.24) is 14.8 Å². The van der Waals surface area contributed by atoms with Gasteiger partial charge < -0.3 is 10.1 Å². The van der Waals surface area contributed by atoms with Crippen LogP contribution >= 0.6 is 0 Å². The molecule has 0 saturated carbocycles. The maximum atomic E-state index is 5.37. The number of benzene rings is 1. The standard InChI is InChI=1S/C16H18N4O/c1-3-20-11-14(10-18-20)17-9-13-8-7-12-5-4-6-15(21-2)16(12)19-13/h4-8,10-11,17H,3,9H2,1-2H3. The van der Waals surface area contributed by atoms with Gasteiger partial charge in [-0.05, 0) is 19.1 Å². The predicted molar refractivity (Wildman–Crippen MR) is 83.5 cm³/mol. The molecule has 1 aromatic carbocycles. The molecule has 0 amide bonds. The molecule has 0 saturated heterocycles. The molecular formula is C16H18N4O. The monoisotopic (exact) mass is 282 g/mol. The molecular weight excluding hydrogens is 264 g/mol. The van der Waals surface area contributed by atoms with E-state index in [1.807, 2.05) is 41.3 Å². The Labute approximate surface area is 123 Å². The number of fused-ring (bicyclic) bond motifs is 1. The Morgan fingerprint density at radius 3 is 2.90 bits per heavy atom. The van der Waals surface area contributed by atoms with E-state index >= 15 is 0 Å². The number of aryl methyl sites for hydroxylation is 1. The average molecular weight is 282 g/mol. The number of nitrogens with zero attached hydrogens (tertiary/aromatic N) is 3. The number of anilines is 1. The van der Waals surface area contributed by atoms with Crippen LogP contribution in [0.15, 0.2) is 42.7 Å². The fourth-order valence-electron chi connectivity index (χ4n) is 2.24. The predicted octanol–water partition coefficient (Wildman–Crippen LogP) is 3.07. The van der Waals surface area contributed by atoms with Crippen LogP contribution in [-0.2, 0) is 13.1 Å². The summed E-state index contributed by atoms with van der Waals surface area (Å²) in [5.74, 6) is 0.799. The molecule has 2 aromatic heterocycles. The van der Waals surface area contributed by atoms with Gasteiger partial charge in [0.15, 0.2) is 0 Å². The lowest BCUT2D eigenvalue weighted by Crippen LogP contribution is -2.01. The second kappa shape index (κ2) is 5.83. The first-order valence-electron chi connectivity index (χ1n) is 6.99. The lowest BCUT2D eigenvalue weighted by atomic mass is 10.2. The molecule has 3 aromatic rings. The number of ether oxygens (including phenoxy) is 1. The van der Waals surface area contributed by atoms with Crippen molar-refractivity contribution < 1.29 is 4.74 Å². The van der Waals surface area contributed by atoms with Crippen LogP contribution in [0.3, 0.4) is 0 Å². The molecule has 0 fully saturated rings. The molecule has 5 heteroatoms. The minimum atomic E-state index is 0.656. The maximum Gasteiger partial charge on any atom is 0.145 e. The maximum absolute atomic E-state index is 5.37. The van der Waals surface area contributed by atoms with Crippen LogP contribution in [0.25, 0.3) is 10.9 Å². The van der Waals surface area contributed by atoms with E-state index < -0.39 is 0 Å². The van der Waals surface area contributed by atoms with E-state index in [0.717, 1.165) is 34.6 Å². The largest absolute Gasteiger partial charge is 0.494 e.